The average molecular weight is 332 g/mol. The van der Waals surface area contributed by atoms with Crippen LogP contribution in [0.2, 0.25) is 0 Å². The normalized spacial score (nSPS) is 20.2. The molecule has 1 aromatic carbocycles. The van der Waals surface area contributed by atoms with Gasteiger partial charge < -0.3 is 19.7 Å². The van der Waals surface area contributed by atoms with Crippen molar-refractivity contribution < 1.29 is 19.1 Å². The number of hydrogen-bond acceptors (Lipinski definition) is 4. The summed E-state index contributed by atoms with van der Waals surface area (Å²) < 4.78 is 11.1. The van der Waals surface area contributed by atoms with Gasteiger partial charge in [0.2, 0.25) is 11.8 Å². The number of carbonyl (C=O) groups excluding carboxylic acids is 2. The van der Waals surface area contributed by atoms with Crippen LogP contribution in [0, 0.1) is 5.41 Å². The molecule has 6 heteroatoms. The van der Waals surface area contributed by atoms with E-state index in [2.05, 4.69) is 5.32 Å². The molecule has 1 N–H and O–H groups in total. The summed E-state index contributed by atoms with van der Waals surface area (Å²) in [6, 6.07) is 5.35. The van der Waals surface area contributed by atoms with Crippen LogP contribution in [0.1, 0.15) is 33.6 Å². The van der Waals surface area contributed by atoms with E-state index in [0.717, 1.165) is 5.69 Å². The second kappa shape index (κ2) is 6.34. The third-order valence-corrected chi connectivity index (χ3v) is 4.02. The van der Waals surface area contributed by atoms with Gasteiger partial charge in [0.15, 0.2) is 11.5 Å². The zero-order chi connectivity index (χ0) is 17.3. The van der Waals surface area contributed by atoms with E-state index in [1.807, 2.05) is 39.0 Å². The molecule has 0 unspecified atom stereocenters. The summed E-state index contributed by atoms with van der Waals surface area (Å²) in [5, 5.41) is 2.97. The van der Waals surface area contributed by atoms with Crippen LogP contribution in [0.3, 0.4) is 0 Å². The fraction of sp³-hybridized carbons (Fsp3) is 0.556. The van der Waals surface area contributed by atoms with Gasteiger partial charge in [0.25, 0.3) is 0 Å². The number of hydrogen-bond donors (Lipinski definition) is 1. The van der Waals surface area contributed by atoms with Crippen LogP contribution in [0.25, 0.3) is 0 Å². The van der Waals surface area contributed by atoms with E-state index in [1.165, 1.54) is 0 Å². The number of anilines is 1. The number of carbonyl (C=O) groups is 2. The molecule has 0 saturated carbocycles. The van der Waals surface area contributed by atoms with Crippen molar-refractivity contribution in [3.8, 4) is 11.5 Å². The minimum atomic E-state index is -0.152. The predicted molar refractivity (Wildman–Crippen MR) is 90.4 cm³/mol. The van der Waals surface area contributed by atoms with Crippen LogP contribution in [-0.2, 0) is 9.59 Å². The quantitative estimate of drug-likeness (QED) is 0.920. The second-order valence-electron chi connectivity index (χ2n) is 7.54. The van der Waals surface area contributed by atoms with Crippen molar-refractivity contribution in [1.29, 1.82) is 0 Å². The Hall–Kier alpha value is -2.24. The van der Waals surface area contributed by atoms with E-state index in [-0.39, 0.29) is 23.3 Å². The summed E-state index contributed by atoms with van der Waals surface area (Å²) in [7, 11) is 0. The van der Waals surface area contributed by atoms with Gasteiger partial charge in [0, 0.05) is 31.1 Å². The first-order chi connectivity index (χ1) is 11.3. The number of benzene rings is 1. The van der Waals surface area contributed by atoms with E-state index in [1.54, 1.807) is 4.90 Å². The molecule has 2 heterocycles. The van der Waals surface area contributed by atoms with Gasteiger partial charge in [-0.25, -0.2) is 0 Å². The Labute approximate surface area is 142 Å². The molecule has 0 radical (unpaired) electrons. The Bertz CT molecular complexity index is 651. The second-order valence-corrected chi connectivity index (χ2v) is 7.54. The largest absolute Gasteiger partial charge is 0.486 e. The standard InChI is InChI=1S/C18H24N2O4/c1-18(2,3)10-16(21)19-12-8-17(22)20(11-12)13-4-5-14-15(9-13)24-7-6-23-14/h4-5,9,12H,6-8,10-11H2,1-3H3,(H,19,21)/t12-/m0/s1. The van der Waals surface area contributed by atoms with E-state index >= 15 is 0 Å². The first-order valence-electron chi connectivity index (χ1n) is 8.31. The lowest BCUT2D eigenvalue weighted by molar-refractivity contribution is -0.123. The van der Waals surface area contributed by atoms with Crippen molar-refractivity contribution in [2.24, 2.45) is 5.41 Å². The van der Waals surface area contributed by atoms with Crippen LogP contribution >= 0.6 is 0 Å². The molecule has 1 saturated heterocycles. The number of rotatable bonds is 3. The lowest BCUT2D eigenvalue weighted by Gasteiger charge is -2.22. The first kappa shape index (κ1) is 16.6. The lowest BCUT2D eigenvalue weighted by Crippen LogP contribution is -2.38. The molecule has 2 aliphatic heterocycles. The van der Waals surface area contributed by atoms with Gasteiger partial charge in [-0.2, -0.15) is 0 Å². The topological polar surface area (TPSA) is 67.9 Å². The summed E-state index contributed by atoms with van der Waals surface area (Å²) in [4.78, 5) is 26.1. The number of nitrogens with zero attached hydrogens (tertiary/aromatic N) is 1. The number of ether oxygens (including phenoxy) is 2. The molecule has 3 rings (SSSR count). The van der Waals surface area contributed by atoms with Crippen molar-refractivity contribution >= 4 is 17.5 Å². The van der Waals surface area contributed by atoms with Crippen LogP contribution in [0.4, 0.5) is 5.69 Å². The summed E-state index contributed by atoms with van der Waals surface area (Å²) in [5.74, 6) is 1.36. The van der Waals surface area contributed by atoms with E-state index in [4.69, 9.17) is 9.47 Å². The molecular weight excluding hydrogens is 308 g/mol. The van der Waals surface area contributed by atoms with Gasteiger partial charge in [0.1, 0.15) is 13.2 Å². The minimum absolute atomic E-state index is 0.00716. The highest BCUT2D eigenvalue weighted by Gasteiger charge is 2.32. The third kappa shape index (κ3) is 3.80. The predicted octanol–water partition coefficient (Wildman–Crippen LogP) is 2.12. The Balaban J connectivity index is 1.66. The Kier molecular flexibility index (Phi) is 4.39. The van der Waals surface area contributed by atoms with E-state index < -0.39 is 0 Å². The summed E-state index contributed by atoms with van der Waals surface area (Å²) >= 11 is 0. The minimum Gasteiger partial charge on any atom is -0.486 e. The van der Waals surface area contributed by atoms with Gasteiger partial charge in [-0.3, -0.25) is 9.59 Å². The fourth-order valence-electron chi connectivity index (χ4n) is 3.01. The molecule has 0 aromatic heterocycles. The van der Waals surface area contributed by atoms with Crippen molar-refractivity contribution in [1.82, 2.24) is 5.32 Å². The van der Waals surface area contributed by atoms with Gasteiger partial charge in [0.05, 0.1) is 6.04 Å². The third-order valence-electron chi connectivity index (χ3n) is 4.02. The average Bonchev–Trinajstić information content (AvgIpc) is 2.85. The first-order valence-corrected chi connectivity index (χ1v) is 8.31. The zero-order valence-electron chi connectivity index (χ0n) is 14.4. The van der Waals surface area contributed by atoms with Crippen LogP contribution in [0.5, 0.6) is 11.5 Å². The van der Waals surface area contributed by atoms with Crippen molar-refractivity contribution in [2.45, 2.75) is 39.7 Å². The van der Waals surface area contributed by atoms with E-state index in [0.29, 0.717) is 44.1 Å². The molecule has 130 valence electrons. The maximum Gasteiger partial charge on any atom is 0.229 e. The van der Waals surface area contributed by atoms with Gasteiger partial charge in [-0.1, -0.05) is 20.8 Å². The smallest absolute Gasteiger partial charge is 0.229 e. The zero-order valence-corrected chi connectivity index (χ0v) is 14.4. The van der Waals surface area contributed by atoms with E-state index in [9.17, 15) is 9.59 Å². The van der Waals surface area contributed by atoms with Gasteiger partial charge >= 0.3 is 0 Å². The van der Waals surface area contributed by atoms with Crippen molar-refractivity contribution in [3.63, 3.8) is 0 Å². The number of amides is 2. The van der Waals surface area contributed by atoms with Crippen molar-refractivity contribution in [3.05, 3.63) is 18.2 Å². The van der Waals surface area contributed by atoms with Gasteiger partial charge in [-0.05, 0) is 17.5 Å². The van der Waals surface area contributed by atoms with Crippen LogP contribution in [-0.4, -0.2) is 37.6 Å². The SMILES string of the molecule is CC(C)(C)CC(=O)N[C@H]1CC(=O)N(c2ccc3c(c2)OCCO3)C1. The maximum atomic E-state index is 12.3. The lowest BCUT2D eigenvalue weighted by atomic mass is 9.92. The van der Waals surface area contributed by atoms with Crippen molar-refractivity contribution in [2.75, 3.05) is 24.7 Å². The summed E-state index contributed by atoms with van der Waals surface area (Å²) in [6.07, 6.45) is 0.770. The summed E-state index contributed by atoms with van der Waals surface area (Å²) in [5.41, 5.74) is 0.708. The highest BCUT2D eigenvalue weighted by molar-refractivity contribution is 5.97. The Morgan fingerprint density at radius 2 is 1.96 bits per heavy atom. The van der Waals surface area contributed by atoms with Crippen LogP contribution in [0.15, 0.2) is 18.2 Å². The maximum absolute atomic E-state index is 12.3. The summed E-state index contributed by atoms with van der Waals surface area (Å²) in [6.45, 7) is 7.59. The van der Waals surface area contributed by atoms with Gasteiger partial charge in [-0.15, -0.1) is 0 Å². The molecule has 0 spiro atoms. The van der Waals surface area contributed by atoms with Crippen LogP contribution < -0.4 is 19.7 Å². The fourth-order valence-corrected chi connectivity index (χ4v) is 3.01. The molecular formula is C18H24N2O4. The molecule has 2 aliphatic rings. The Morgan fingerprint density at radius 1 is 1.25 bits per heavy atom. The molecule has 6 nitrogen and oxygen atoms in total. The Morgan fingerprint density at radius 3 is 2.67 bits per heavy atom. The molecule has 2 amide bonds. The number of fused-ring (bicyclic) bond motifs is 1. The highest BCUT2D eigenvalue weighted by Crippen LogP contribution is 2.35. The highest BCUT2D eigenvalue weighted by atomic mass is 16.6. The molecule has 1 aromatic rings. The monoisotopic (exact) mass is 332 g/mol. The number of nitrogens with one attached hydrogen (secondary N) is 1. The molecule has 0 aliphatic carbocycles. The molecule has 24 heavy (non-hydrogen) atoms. The molecule has 1 fully saturated rings. The molecule has 1 atom stereocenters. The molecule has 0 bridgehead atoms.